The van der Waals surface area contributed by atoms with Gasteiger partial charge in [0.2, 0.25) is 10.0 Å². The maximum Gasteiger partial charge on any atom is 0.241 e. The van der Waals surface area contributed by atoms with Gasteiger partial charge in [-0.25, -0.2) is 13.6 Å². The minimum Gasteiger partial charge on any atom is -0.495 e. The Kier molecular flexibility index (Phi) is 2.98. The number of rotatable bonds is 2. The van der Waals surface area contributed by atoms with E-state index in [0.29, 0.717) is 11.1 Å². The van der Waals surface area contributed by atoms with Crippen LogP contribution in [0, 0.1) is 18.3 Å². The molecule has 0 heterocycles. The van der Waals surface area contributed by atoms with Crippen LogP contribution in [-0.4, -0.2) is 15.5 Å². The fraction of sp³-hybridized carbons (Fsp3) is 0.222. The molecule has 1 rings (SSSR count). The number of ether oxygens (including phenoxy) is 1. The first-order chi connectivity index (χ1) is 6.90. The van der Waals surface area contributed by atoms with Crippen LogP contribution in [0.3, 0.4) is 0 Å². The first kappa shape index (κ1) is 11.5. The van der Waals surface area contributed by atoms with Crippen molar-refractivity contribution in [3.63, 3.8) is 0 Å². The number of aryl methyl sites for hydroxylation is 1. The molecule has 2 N–H and O–H groups in total. The Morgan fingerprint density at radius 3 is 2.47 bits per heavy atom. The quantitative estimate of drug-likeness (QED) is 0.795. The van der Waals surface area contributed by atoms with Crippen LogP contribution in [0.2, 0.25) is 0 Å². The van der Waals surface area contributed by atoms with Gasteiger partial charge in [-0.2, -0.15) is 5.26 Å². The lowest BCUT2D eigenvalue weighted by Gasteiger charge is -2.08. The van der Waals surface area contributed by atoms with Crippen LogP contribution in [0.25, 0.3) is 0 Å². The zero-order valence-corrected chi connectivity index (χ0v) is 9.13. The molecule has 1 aromatic rings. The van der Waals surface area contributed by atoms with Crippen LogP contribution in [-0.2, 0) is 10.0 Å². The lowest BCUT2D eigenvalue weighted by Crippen LogP contribution is -2.14. The Labute approximate surface area is 88.1 Å². The van der Waals surface area contributed by atoms with Gasteiger partial charge in [0.15, 0.2) is 0 Å². The molecule has 15 heavy (non-hydrogen) atoms. The molecule has 0 saturated carbocycles. The summed E-state index contributed by atoms with van der Waals surface area (Å²) in [4.78, 5) is -0.110. The average Bonchev–Trinajstić information content (AvgIpc) is 2.16. The van der Waals surface area contributed by atoms with Crippen molar-refractivity contribution in [3.8, 4) is 11.8 Å². The van der Waals surface area contributed by atoms with Crippen molar-refractivity contribution in [2.24, 2.45) is 5.14 Å². The SMILES string of the molecule is COc1cc(C#N)c(C)cc1S(N)(=O)=O. The van der Waals surface area contributed by atoms with Gasteiger partial charge in [-0.15, -0.1) is 0 Å². The molecular formula is C9H10N2O3S. The molecular weight excluding hydrogens is 216 g/mol. The molecule has 0 aliphatic heterocycles. The van der Waals surface area contributed by atoms with E-state index in [-0.39, 0.29) is 10.6 Å². The van der Waals surface area contributed by atoms with Crippen molar-refractivity contribution in [3.05, 3.63) is 23.3 Å². The molecule has 0 amide bonds. The van der Waals surface area contributed by atoms with Crippen molar-refractivity contribution in [2.45, 2.75) is 11.8 Å². The van der Waals surface area contributed by atoms with Gasteiger partial charge >= 0.3 is 0 Å². The summed E-state index contributed by atoms with van der Waals surface area (Å²) < 4.78 is 27.2. The van der Waals surface area contributed by atoms with E-state index in [0.717, 1.165) is 0 Å². The van der Waals surface area contributed by atoms with E-state index in [9.17, 15) is 8.42 Å². The molecule has 6 heteroatoms. The van der Waals surface area contributed by atoms with E-state index < -0.39 is 10.0 Å². The monoisotopic (exact) mass is 226 g/mol. The second-order valence-electron chi connectivity index (χ2n) is 2.97. The smallest absolute Gasteiger partial charge is 0.241 e. The maximum absolute atomic E-state index is 11.2. The maximum atomic E-state index is 11.2. The van der Waals surface area contributed by atoms with Gasteiger partial charge in [0.05, 0.1) is 18.7 Å². The molecule has 0 aromatic heterocycles. The third-order valence-electron chi connectivity index (χ3n) is 1.94. The van der Waals surface area contributed by atoms with Crippen LogP contribution >= 0.6 is 0 Å². The van der Waals surface area contributed by atoms with Crippen LogP contribution in [0.4, 0.5) is 0 Å². The zero-order valence-electron chi connectivity index (χ0n) is 8.31. The number of hydrogen-bond donors (Lipinski definition) is 1. The normalized spacial score (nSPS) is 10.8. The molecule has 0 fully saturated rings. The van der Waals surface area contributed by atoms with E-state index in [1.54, 1.807) is 6.92 Å². The number of benzene rings is 1. The predicted octanol–water partition coefficient (Wildman–Crippen LogP) is 0.523. The highest BCUT2D eigenvalue weighted by molar-refractivity contribution is 7.89. The summed E-state index contributed by atoms with van der Waals surface area (Å²) >= 11 is 0. The Morgan fingerprint density at radius 1 is 1.47 bits per heavy atom. The second-order valence-corrected chi connectivity index (χ2v) is 4.50. The minimum atomic E-state index is -3.83. The van der Waals surface area contributed by atoms with Crippen molar-refractivity contribution in [1.82, 2.24) is 0 Å². The Balaban J connectivity index is 3.57. The highest BCUT2D eigenvalue weighted by Crippen LogP contribution is 2.26. The van der Waals surface area contributed by atoms with Crippen molar-refractivity contribution in [2.75, 3.05) is 7.11 Å². The van der Waals surface area contributed by atoms with Gasteiger partial charge in [-0.05, 0) is 24.6 Å². The number of methoxy groups -OCH3 is 1. The summed E-state index contributed by atoms with van der Waals surface area (Å²) in [6.45, 7) is 1.63. The van der Waals surface area contributed by atoms with Gasteiger partial charge in [0, 0.05) is 0 Å². The summed E-state index contributed by atoms with van der Waals surface area (Å²) in [6.07, 6.45) is 0. The van der Waals surface area contributed by atoms with Gasteiger partial charge < -0.3 is 4.74 Å². The minimum absolute atomic E-state index is 0.0830. The van der Waals surface area contributed by atoms with Gasteiger partial charge in [-0.1, -0.05) is 0 Å². The molecule has 1 aromatic carbocycles. The summed E-state index contributed by atoms with van der Waals surface area (Å²) in [5.41, 5.74) is 0.904. The van der Waals surface area contributed by atoms with E-state index in [2.05, 4.69) is 0 Å². The van der Waals surface area contributed by atoms with E-state index in [1.165, 1.54) is 19.2 Å². The molecule has 80 valence electrons. The highest BCUT2D eigenvalue weighted by Gasteiger charge is 2.16. The zero-order chi connectivity index (χ0) is 11.6. The molecule has 0 unspecified atom stereocenters. The third kappa shape index (κ3) is 2.26. The lowest BCUT2D eigenvalue weighted by atomic mass is 10.1. The van der Waals surface area contributed by atoms with Crippen LogP contribution in [0.1, 0.15) is 11.1 Å². The summed E-state index contributed by atoms with van der Waals surface area (Å²) in [6, 6.07) is 4.62. The average molecular weight is 226 g/mol. The number of nitriles is 1. The Hall–Kier alpha value is -1.58. The summed E-state index contributed by atoms with van der Waals surface area (Å²) in [5.74, 6) is 0.0830. The molecule has 5 nitrogen and oxygen atoms in total. The van der Waals surface area contributed by atoms with Gasteiger partial charge in [-0.3, -0.25) is 0 Å². The molecule has 0 radical (unpaired) electrons. The van der Waals surface area contributed by atoms with Crippen LogP contribution in [0.5, 0.6) is 5.75 Å². The number of primary sulfonamides is 1. The lowest BCUT2D eigenvalue weighted by molar-refractivity contribution is 0.402. The molecule has 0 bridgehead atoms. The van der Waals surface area contributed by atoms with Crippen molar-refractivity contribution >= 4 is 10.0 Å². The number of nitrogens with two attached hydrogens (primary N) is 1. The fourth-order valence-electron chi connectivity index (χ4n) is 1.16. The second kappa shape index (κ2) is 3.88. The van der Waals surface area contributed by atoms with Gasteiger partial charge in [0.1, 0.15) is 10.6 Å². The fourth-order valence-corrected chi connectivity index (χ4v) is 1.93. The molecule has 0 spiro atoms. The highest BCUT2D eigenvalue weighted by atomic mass is 32.2. The predicted molar refractivity (Wildman–Crippen MR) is 53.8 cm³/mol. The van der Waals surface area contributed by atoms with E-state index in [1.807, 2.05) is 6.07 Å². The first-order valence-corrected chi connectivity index (χ1v) is 5.56. The first-order valence-electron chi connectivity index (χ1n) is 4.01. The molecule has 0 atom stereocenters. The van der Waals surface area contributed by atoms with E-state index >= 15 is 0 Å². The van der Waals surface area contributed by atoms with Crippen molar-refractivity contribution in [1.29, 1.82) is 5.26 Å². The standard InChI is InChI=1S/C9H10N2O3S/c1-6-3-9(15(11,12)13)8(14-2)4-7(6)5-10/h3-4H,1-2H3,(H2,11,12,13). The summed E-state index contributed by atoms with van der Waals surface area (Å²) in [5, 5.41) is 13.7. The van der Waals surface area contributed by atoms with Crippen LogP contribution in [0.15, 0.2) is 17.0 Å². The van der Waals surface area contributed by atoms with Gasteiger partial charge in [0.25, 0.3) is 0 Å². The number of hydrogen-bond acceptors (Lipinski definition) is 4. The Morgan fingerprint density at radius 2 is 2.07 bits per heavy atom. The molecule has 0 aliphatic rings. The summed E-state index contributed by atoms with van der Waals surface area (Å²) in [7, 11) is -2.51. The number of nitrogens with zero attached hydrogens (tertiary/aromatic N) is 1. The molecule has 0 saturated heterocycles. The molecule has 0 aliphatic carbocycles. The largest absolute Gasteiger partial charge is 0.495 e. The Bertz CT molecular complexity index is 529. The van der Waals surface area contributed by atoms with Crippen LogP contribution < -0.4 is 9.88 Å². The topological polar surface area (TPSA) is 93.2 Å². The van der Waals surface area contributed by atoms with Crippen molar-refractivity contribution < 1.29 is 13.2 Å². The van der Waals surface area contributed by atoms with E-state index in [4.69, 9.17) is 15.1 Å². The third-order valence-corrected chi connectivity index (χ3v) is 2.87. The number of sulfonamides is 1.